The number of hydrogen-bond donors (Lipinski definition) is 0. The molecule has 5 nitrogen and oxygen atoms in total. The van der Waals surface area contributed by atoms with Crippen LogP contribution < -0.4 is 0 Å². The number of amides is 2. The molecule has 0 atom stereocenters. The van der Waals surface area contributed by atoms with Crippen molar-refractivity contribution in [2.45, 2.75) is 26.8 Å². The summed E-state index contributed by atoms with van der Waals surface area (Å²) in [4.78, 5) is 28.3. The molecule has 0 aliphatic heterocycles. The summed E-state index contributed by atoms with van der Waals surface area (Å²) >= 11 is 5.72. The van der Waals surface area contributed by atoms with Crippen LogP contribution in [0.15, 0.2) is 53.1 Å². The fraction of sp³-hybridized carbons (Fsp3) is 0.429. The van der Waals surface area contributed by atoms with Gasteiger partial charge in [0.15, 0.2) is 0 Å². The van der Waals surface area contributed by atoms with E-state index in [0.717, 1.165) is 17.7 Å². The van der Waals surface area contributed by atoms with Gasteiger partial charge in [0.2, 0.25) is 11.8 Å². The Bertz CT molecular complexity index is 701. The lowest BCUT2D eigenvalue weighted by atomic mass is 10.1. The first-order valence-electron chi connectivity index (χ1n) is 9.17. The Morgan fingerprint density at radius 2 is 1.78 bits per heavy atom. The van der Waals surface area contributed by atoms with E-state index < -0.39 is 0 Å². The molecule has 0 bridgehead atoms. The van der Waals surface area contributed by atoms with E-state index in [2.05, 4.69) is 0 Å². The number of benzene rings is 1. The molecule has 27 heavy (non-hydrogen) atoms. The normalized spacial score (nSPS) is 10.8. The molecule has 0 radical (unpaired) electrons. The van der Waals surface area contributed by atoms with Crippen molar-refractivity contribution in [3.05, 3.63) is 60.1 Å². The molecule has 0 aliphatic carbocycles. The summed E-state index contributed by atoms with van der Waals surface area (Å²) in [6.07, 6.45) is 2.33. The van der Waals surface area contributed by atoms with Crippen LogP contribution in [0.5, 0.6) is 0 Å². The van der Waals surface area contributed by atoms with Gasteiger partial charge in [-0.25, -0.2) is 0 Å². The van der Waals surface area contributed by atoms with Crippen LogP contribution >= 0.6 is 11.6 Å². The molecule has 2 rings (SSSR count). The molecule has 2 amide bonds. The van der Waals surface area contributed by atoms with Gasteiger partial charge >= 0.3 is 0 Å². The van der Waals surface area contributed by atoms with Crippen LogP contribution in [0.1, 0.15) is 25.2 Å². The number of carbonyl (C=O) groups excluding carboxylic acids is 2. The maximum absolute atomic E-state index is 13.0. The summed E-state index contributed by atoms with van der Waals surface area (Å²) in [5, 5.41) is 0. The van der Waals surface area contributed by atoms with Gasteiger partial charge in [-0.05, 0) is 30.0 Å². The van der Waals surface area contributed by atoms with Gasteiger partial charge < -0.3 is 14.2 Å². The highest BCUT2D eigenvalue weighted by Crippen LogP contribution is 2.10. The average Bonchev–Trinajstić information content (AvgIpc) is 3.17. The van der Waals surface area contributed by atoms with Crippen molar-refractivity contribution in [3.8, 4) is 0 Å². The van der Waals surface area contributed by atoms with Gasteiger partial charge in [-0.15, -0.1) is 11.6 Å². The Labute approximate surface area is 165 Å². The molecule has 1 aromatic heterocycles. The fourth-order valence-corrected chi connectivity index (χ4v) is 3.00. The van der Waals surface area contributed by atoms with Crippen molar-refractivity contribution in [2.24, 2.45) is 5.92 Å². The Hall–Kier alpha value is -2.27. The summed E-state index contributed by atoms with van der Waals surface area (Å²) in [6, 6.07) is 13.7. The second-order valence-corrected chi connectivity index (χ2v) is 7.20. The molecule has 0 aliphatic rings. The van der Waals surface area contributed by atoms with Crippen LogP contribution in [0.4, 0.5) is 0 Å². The van der Waals surface area contributed by atoms with Gasteiger partial charge in [0.1, 0.15) is 11.6 Å². The molecule has 0 saturated carbocycles. The lowest BCUT2D eigenvalue weighted by Gasteiger charge is -2.28. The number of hydrogen-bond acceptors (Lipinski definition) is 3. The minimum Gasteiger partial charge on any atom is -0.467 e. The van der Waals surface area contributed by atoms with E-state index in [4.69, 9.17) is 16.0 Å². The Balaban J connectivity index is 2.07. The van der Waals surface area contributed by atoms with Crippen LogP contribution in [-0.2, 0) is 22.6 Å². The summed E-state index contributed by atoms with van der Waals surface area (Å²) in [5.74, 6) is 0.520. The molecular weight excluding hydrogens is 364 g/mol. The number of rotatable bonds is 10. The summed E-state index contributed by atoms with van der Waals surface area (Å²) in [6.45, 7) is 5.48. The van der Waals surface area contributed by atoms with Gasteiger partial charge in [0.25, 0.3) is 0 Å². The van der Waals surface area contributed by atoms with Gasteiger partial charge in [0, 0.05) is 13.1 Å². The van der Waals surface area contributed by atoms with Crippen LogP contribution in [-0.4, -0.2) is 47.1 Å². The third-order valence-corrected chi connectivity index (χ3v) is 4.40. The molecule has 6 heteroatoms. The highest BCUT2D eigenvalue weighted by molar-refractivity contribution is 6.27. The highest BCUT2D eigenvalue weighted by atomic mass is 35.5. The lowest BCUT2D eigenvalue weighted by molar-refractivity contribution is -0.140. The Morgan fingerprint density at radius 1 is 1.04 bits per heavy atom. The maximum atomic E-state index is 13.0. The van der Waals surface area contributed by atoms with Crippen molar-refractivity contribution in [2.75, 3.05) is 25.5 Å². The summed E-state index contributed by atoms with van der Waals surface area (Å²) in [7, 11) is 0. The third kappa shape index (κ3) is 7.10. The van der Waals surface area contributed by atoms with E-state index in [-0.39, 0.29) is 30.2 Å². The zero-order valence-electron chi connectivity index (χ0n) is 15.9. The van der Waals surface area contributed by atoms with E-state index in [1.165, 1.54) is 4.90 Å². The first-order chi connectivity index (χ1) is 13.0. The number of furan rings is 1. The average molecular weight is 391 g/mol. The fourth-order valence-electron chi connectivity index (χ4n) is 2.83. The van der Waals surface area contributed by atoms with E-state index in [1.54, 1.807) is 17.2 Å². The van der Waals surface area contributed by atoms with E-state index in [1.807, 2.05) is 50.2 Å². The molecule has 0 spiro atoms. The van der Waals surface area contributed by atoms with Gasteiger partial charge in [-0.3, -0.25) is 9.59 Å². The third-order valence-electron chi connectivity index (χ3n) is 4.17. The molecule has 0 saturated heterocycles. The molecule has 1 heterocycles. The Kier molecular flexibility index (Phi) is 8.40. The predicted molar refractivity (Wildman–Crippen MR) is 106 cm³/mol. The second kappa shape index (κ2) is 10.8. The Morgan fingerprint density at radius 3 is 2.37 bits per heavy atom. The largest absolute Gasteiger partial charge is 0.467 e. The van der Waals surface area contributed by atoms with Crippen molar-refractivity contribution < 1.29 is 14.0 Å². The van der Waals surface area contributed by atoms with Gasteiger partial charge in [0.05, 0.1) is 19.4 Å². The minimum absolute atomic E-state index is 0.0270. The van der Waals surface area contributed by atoms with Crippen LogP contribution in [0, 0.1) is 5.92 Å². The number of alkyl halides is 1. The van der Waals surface area contributed by atoms with E-state index in [0.29, 0.717) is 19.6 Å². The van der Waals surface area contributed by atoms with E-state index >= 15 is 0 Å². The highest BCUT2D eigenvalue weighted by Gasteiger charge is 2.22. The van der Waals surface area contributed by atoms with Crippen molar-refractivity contribution >= 4 is 23.4 Å². The summed E-state index contributed by atoms with van der Waals surface area (Å²) < 4.78 is 5.41. The predicted octanol–water partition coefficient (Wildman–Crippen LogP) is 3.57. The van der Waals surface area contributed by atoms with Crippen LogP contribution in [0.3, 0.4) is 0 Å². The van der Waals surface area contributed by atoms with Crippen molar-refractivity contribution in [3.63, 3.8) is 0 Å². The standard InChI is InChI=1S/C21H27ClN2O3/c1-17(2)14-24(20(25)13-22)16-21(26)23(15-19-9-6-12-27-19)11-10-18-7-4-3-5-8-18/h3-9,12,17H,10-11,13-16H2,1-2H3. The molecule has 1 aromatic carbocycles. The van der Waals surface area contributed by atoms with Gasteiger partial charge in [-0.2, -0.15) is 0 Å². The number of carbonyl (C=O) groups is 2. The molecule has 0 fully saturated rings. The van der Waals surface area contributed by atoms with Crippen LogP contribution in [0.25, 0.3) is 0 Å². The van der Waals surface area contributed by atoms with Crippen molar-refractivity contribution in [1.82, 2.24) is 9.80 Å². The minimum atomic E-state index is -0.222. The molecule has 146 valence electrons. The van der Waals surface area contributed by atoms with Gasteiger partial charge in [-0.1, -0.05) is 44.2 Å². The maximum Gasteiger partial charge on any atom is 0.242 e. The lowest BCUT2D eigenvalue weighted by Crippen LogP contribution is -2.45. The second-order valence-electron chi connectivity index (χ2n) is 6.93. The molecule has 2 aromatic rings. The first-order valence-corrected chi connectivity index (χ1v) is 9.71. The monoisotopic (exact) mass is 390 g/mol. The topological polar surface area (TPSA) is 53.8 Å². The quantitative estimate of drug-likeness (QED) is 0.583. The molecule has 0 N–H and O–H groups in total. The zero-order chi connectivity index (χ0) is 19.6. The van der Waals surface area contributed by atoms with Crippen molar-refractivity contribution in [1.29, 1.82) is 0 Å². The van der Waals surface area contributed by atoms with Crippen LogP contribution in [0.2, 0.25) is 0 Å². The van der Waals surface area contributed by atoms with E-state index in [9.17, 15) is 9.59 Å². The zero-order valence-corrected chi connectivity index (χ0v) is 16.7. The summed E-state index contributed by atoms with van der Waals surface area (Å²) in [5.41, 5.74) is 1.16. The number of nitrogens with zero attached hydrogens (tertiary/aromatic N) is 2. The smallest absolute Gasteiger partial charge is 0.242 e. The SMILES string of the molecule is CC(C)CN(CC(=O)N(CCc1ccccc1)Cc1ccco1)C(=O)CCl. The molecular formula is C21H27ClN2O3. The molecule has 0 unspecified atom stereocenters. The number of halogens is 1. The first kappa shape index (κ1) is 21.0.